The van der Waals surface area contributed by atoms with Crippen molar-refractivity contribution in [2.45, 2.75) is 33.2 Å². The third-order valence-corrected chi connectivity index (χ3v) is 4.27. The van der Waals surface area contributed by atoms with Gasteiger partial charge >= 0.3 is 5.69 Å². The first kappa shape index (κ1) is 18.6. The molecule has 8 nitrogen and oxygen atoms in total. The average Bonchev–Trinajstić information content (AvgIpc) is 2.98. The van der Waals surface area contributed by atoms with Gasteiger partial charge in [-0.3, -0.25) is 4.79 Å². The number of aromatic nitrogens is 4. The molecule has 0 aliphatic carbocycles. The van der Waals surface area contributed by atoms with Crippen molar-refractivity contribution in [3.8, 4) is 17.0 Å². The Bertz CT molecular complexity index is 1000. The molecule has 3 rings (SSSR count). The van der Waals surface area contributed by atoms with Gasteiger partial charge in [-0.1, -0.05) is 13.3 Å². The number of ether oxygens (including phenoxy) is 1. The van der Waals surface area contributed by atoms with Gasteiger partial charge in [0, 0.05) is 18.2 Å². The number of hydrogen-bond donors (Lipinski definition) is 1. The standard InChI is InChI=1S/C19H23N5O3/c1-4-5-10-20-18(25)12-23-19(26)24-13(2)21-16(11-17(24)22-23)14-6-8-15(27-3)9-7-14/h6-9,11H,4-5,10,12H2,1-3H3,(H,20,25). The fraction of sp³-hybridized carbons (Fsp3) is 0.368. The van der Waals surface area contributed by atoms with Crippen LogP contribution in [-0.4, -0.2) is 38.7 Å². The first-order chi connectivity index (χ1) is 13.0. The van der Waals surface area contributed by atoms with E-state index in [0.29, 0.717) is 23.7 Å². The van der Waals surface area contributed by atoms with Crippen molar-refractivity contribution in [2.24, 2.45) is 0 Å². The molecule has 0 fully saturated rings. The van der Waals surface area contributed by atoms with Crippen LogP contribution in [0.2, 0.25) is 0 Å². The van der Waals surface area contributed by atoms with E-state index < -0.39 is 0 Å². The molecule has 0 atom stereocenters. The maximum atomic E-state index is 12.6. The summed E-state index contributed by atoms with van der Waals surface area (Å²) in [6.45, 7) is 4.28. The van der Waals surface area contributed by atoms with Crippen LogP contribution in [0, 0.1) is 6.92 Å². The molecule has 0 aliphatic rings. The Kier molecular flexibility index (Phi) is 5.54. The van der Waals surface area contributed by atoms with Crippen molar-refractivity contribution >= 4 is 11.6 Å². The highest BCUT2D eigenvalue weighted by Gasteiger charge is 2.14. The summed E-state index contributed by atoms with van der Waals surface area (Å²) in [5.41, 5.74) is 1.68. The first-order valence-corrected chi connectivity index (χ1v) is 8.92. The van der Waals surface area contributed by atoms with Crippen molar-refractivity contribution in [2.75, 3.05) is 13.7 Å². The fourth-order valence-electron chi connectivity index (χ4n) is 2.81. The lowest BCUT2D eigenvalue weighted by molar-refractivity contribution is -0.121. The number of amides is 1. The molecular formula is C19H23N5O3. The number of carbonyl (C=O) groups is 1. The van der Waals surface area contributed by atoms with Gasteiger partial charge in [-0.2, -0.15) is 0 Å². The fourth-order valence-corrected chi connectivity index (χ4v) is 2.81. The third kappa shape index (κ3) is 3.99. The Morgan fingerprint density at radius 1 is 1.26 bits per heavy atom. The van der Waals surface area contributed by atoms with Crippen LogP contribution in [0.4, 0.5) is 0 Å². The first-order valence-electron chi connectivity index (χ1n) is 8.92. The lowest BCUT2D eigenvalue weighted by atomic mass is 10.1. The highest BCUT2D eigenvalue weighted by molar-refractivity contribution is 5.75. The summed E-state index contributed by atoms with van der Waals surface area (Å²) in [6, 6.07) is 9.23. The van der Waals surface area contributed by atoms with Crippen molar-refractivity contribution in [3.63, 3.8) is 0 Å². The van der Waals surface area contributed by atoms with E-state index in [1.165, 1.54) is 9.08 Å². The van der Waals surface area contributed by atoms with Gasteiger partial charge < -0.3 is 10.1 Å². The molecule has 0 spiro atoms. The van der Waals surface area contributed by atoms with Crippen molar-refractivity contribution < 1.29 is 9.53 Å². The highest BCUT2D eigenvalue weighted by atomic mass is 16.5. The molecule has 0 saturated heterocycles. The summed E-state index contributed by atoms with van der Waals surface area (Å²) < 4.78 is 7.75. The summed E-state index contributed by atoms with van der Waals surface area (Å²) in [5, 5.41) is 7.09. The second-order valence-corrected chi connectivity index (χ2v) is 6.25. The topological polar surface area (TPSA) is 90.5 Å². The lowest BCUT2D eigenvalue weighted by Gasteiger charge is -2.05. The highest BCUT2D eigenvalue weighted by Crippen LogP contribution is 2.21. The lowest BCUT2D eigenvalue weighted by Crippen LogP contribution is -2.33. The van der Waals surface area contributed by atoms with E-state index in [9.17, 15) is 9.59 Å². The van der Waals surface area contributed by atoms with Gasteiger partial charge in [-0.25, -0.2) is 18.9 Å². The van der Waals surface area contributed by atoms with E-state index in [1.807, 2.05) is 24.3 Å². The number of rotatable bonds is 7. The van der Waals surface area contributed by atoms with E-state index in [4.69, 9.17) is 4.74 Å². The number of nitrogens with zero attached hydrogens (tertiary/aromatic N) is 4. The molecule has 142 valence electrons. The van der Waals surface area contributed by atoms with Gasteiger partial charge in [0.05, 0.1) is 12.8 Å². The van der Waals surface area contributed by atoms with Crippen LogP contribution in [0.3, 0.4) is 0 Å². The van der Waals surface area contributed by atoms with Crippen LogP contribution in [0.5, 0.6) is 5.75 Å². The molecule has 0 bridgehead atoms. The number of fused-ring (bicyclic) bond motifs is 1. The van der Waals surface area contributed by atoms with Crippen molar-refractivity contribution in [1.29, 1.82) is 0 Å². The van der Waals surface area contributed by atoms with E-state index in [0.717, 1.165) is 24.2 Å². The van der Waals surface area contributed by atoms with E-state index >= 15 is 0 Å². The molecule has 1 amide bonds. The van der Waals surface area contributed by atoms with Crippen LogP contribution in [-0.2, 0) is 11.3 Å². The molecule has 1 aromatic carbocycles. The number of methoxy groups -OCH3 is 1. The number of benzene rings is 1. The van der Waals surface area contributed by atoms with Crippen LogP contribution < -0.4 is 15.7 Å². The van der Waals surface area contributed by atoms with Gasteiger partial charge in [-0.15, -0.1) is 5.10 Å². The molecule has 0 radical (unpaired) electrons. The largest absolute Gasteiger partial charge is 0.497 e. The summed E-state index contributed by atoms with van der Waals surface area (Å²) in [5.74, 6) is 1.04. The molecule has 27 heavy (non-hydrogen) atoms. The van der Waals surface area contributed by atoms with Crippen molar-refractivity contribution in [3.05, 3.63) is 46.6 Å². The van der Waals surface area contributed by atoms with Gasteiger partial charge in [0.2, 0.25) is 5.91 Å². The normalized spacial score (nSPS) is 10.9. The molecule has 8 heteroatoms. The summed E-state index contributed by atoms with van der Waals surface area (Å²) in [7, 11) is 1.61. The van der Waals surface area contributed by atoms with E-state index in [-0.39, 0.29) is 18.1 Å². The predicted molar refractivity (Wildman–Crippen MR) is 102 cm³/mol. The number of carbonyl (C=O) groups excluding carboxylic acids is 1. The molecule has 3 aromatic rings. The zero-order chi connectivity index (χ0) is 19.4. The molecular weight excluding hydrogens is 346 g/mol. The Labute approximate surface area is 156 Å². The quantitative estimate of drug-likeness (QED) is 0.641. The summed E-state index contributed by atoms with van der Waals surface area (Å²) in [6.07, 6.45) is 1.90. The van der Waals surface area contributed by atoms with Gasteiger partial charge in [0.25, 0.3) is 0 Å². The minimum absolute atomic E-state index is 0.110. The molecule has 0 aliphatic heterocycles. The third-order valence-electron chi connectivity index (χ3n) is 4.27. The maximum Gasteiger partial charge on any atom is 0.352 e. The molecule has 0 saturated carbocycles. The van der Waals surface area contributed by atoms with Gasteiger partial charge in [0.1, 0.15) is 18.1 Å². The minimum atomic E-state index is -0.373. The SMILES string of the molecule is CCCCNC(=O)Cn1nc2cc(-c3ccc(OC)cc3)nc(C)n2c1=O. The second kappa shape index (κ2) is 8.03. The molecule has 0 unspecified atom stereocenters. The second-order valence-electron chi connectivity index (χ2n) is 6.25. The predicted octanol–water partition coefficient (Wildman–Crippen LogP) is 1.79. The van der Waals surface area contributed by atoms with Crippen LogP contribution >= 0.6 is 0 Å². The minimum Gasteiger partial charge on any atom is -0.497 e. The van der Waals surface area contributed by atoms with Crippen LogP contribution in [0.25, 0.3) is 16.9 Å². The number of aryl methyl sites for hydroxylation is 1. The average molecular weight is 369 g/mol. The Hall–Kier alpha value is -3.16. The maximum absolute atomic E-state index is 12.6. The van der Waals surface area contributed by atoms with E-state index in [2.05, 4.69) is 22.3 Å². The monoisotopic (exact) mass is 369 g/mol. The zero-order valence-electron chi connectivity index (χ0n) is 15.7. The number of unbranched alkanes of at least 4 members (excludes halogenated alkanes) is 1. The Morgan fingerprint density at radius 3 is 2.67 bits per heavy atom. The number of hydrogen-bond acceptors (Lipinski definition) is 5. The number of nitrogens with one attached hydrogen (secondary N) is 1. The van der Waals surface area contributed by atoms with Crippen LogP contribution in [0.15, 0.2) is 35.1 Å². The Morgan fingerprint density at radius 2 is 2.00 bits per heavy atom. The summed E-state index contributed by atoms with van der Waals surface area (Å²) in [4.78, 5) is 29.1. The molecule has 1 N–H and O–H groups in total. The van der Waals surface area contributed by atoms with Crippen LogP contribution in [0.1, 0.15) is 25.6 Å². The summed E-state index contributed by atoms with van der Waals surface area (Å²) >= 11 is 0. The van der Waals surface area contributed by atoms with E-state index in [1.54, 1.807) is 20.1 Å². The molecule has 2 aromatic heterocycles. The van der Waals surface area contributed by atoms with Gasteiger partial charge in [0.15, 0.2) is 5.65 Å². The Balaban J connectivity index is 1.91. The molecule has 2 heterocycles. The smallest absolute Gasteiger partial charge is 0.352 e. The zero-order valence-corrected chi connectivity index (χ0v) is 15.7. The van der Waals surface area contributed by atoms with Gasteiger partial charge in [-0.05, 0) is 37.6 Å². The van der Waals surface area contributed by atoms with Crippen molar-refractivity contribution in [1.82, 2.24) is 24.5 Å².